The lowest BCUT2D eigenvalue weighted by Gasteiger charge is -2.36. The first-order valence-corrected chi connectivity index (χ1v) is 37.5. The Morgan fingerprint density at radius 2 is 0.920 bits per heavy atom. The first-order chi connectivity index (χ1) is 40.3. The van der Waals surface area contributed by atoms with Crippen molar-refractivity contribution in [3.8, 4) is 47.6 Å². The first kappa shape index (κ1) is 79.7. The van der Waals surface area contributed by atoms with Crippen LogP contribution in [-0.4, -0.2) is 108 Å². The van der Waals surface area contributed by atoms with Gasteiger partial charge in [0.1, 0.15) is 27.3 Å². The lowest BCUT2D eigenvalue weighted by Crippen LogP contribution is -2.41. The van der Waals surface area contributed by atoms with Gasteiger partial charge >= 0.3 is 18.4 Å². The summed E-state index contributed by atoms with van der Waals surface area (Å²) in [6.07, 6.45) is 32.2. The van der Waals surface area contributed by atoms with E-state index in [4.69, 9.17) is 20.7 Å². The van der Waals surface area contributed by atoms with Gasteiger partial charge in [-0.25, -0.2) is 9.59 Å². The Morgan fingerprint density at radius 1 is 0.580 bits per heavy atom. The summed E-state index contributed by atoms with van der Waals surface area (Å²) in [6, 6.07) is 9.35. The summed E-state index contributed by atoms with van der Waals surface area (Å²) in [5.41, 5.74) is 13.3. The highest BCUT2D eigenvalue weighted by Gasteiger charge is 2.33. The predicted molar refractivity (Wildman–Crippen MR) is 361 cm³/mol. The van der Waals surface area contributed by atoms with E-state index in [2.05, 4.69) is 145 Å². The molecule has 8 heterocycles. The van der Waals surface area contributed by atoms with Crippen LogP contribution < -0.4 is 10.6 Å². The molecule has 0 radical (unpaired) electrons. The molecule has 4 fully saturated rings. The van der Waals surface area contributed by atoms with Crippen LogP contribution >= 0.6 is 15.9 Å². The molecule has 4 aliphatic heterocycles. The average Bonchev–Trinajstić information content (AvgIpc) is 1.12. The third-order valence-electron chi connectivity index (χ3n) is 12.9. The maximum absolute atomic E-state index is 12.6. The number of nitrogens with zero attached hydrogens (tertiary/aromatic N) is 6. The van der Waals surface area contributed by atoms with Crippen LogP contribution in [0.2, 0.25) is 39.3 Å². The number of hydrogen-bond donors (Lipinski definition) is 2. The number of halogens is 4. The van der Waals surface area contributed by atoms with E-state index in [1.54, 1.807) is 25.5 Å². The summed E-state index contributed by atoms with van der Waals surface area (Å²) < 4.78 is 43.3. The summed E-state index contributed by atoms with van der Waals surface area (Å²) in [4.78, 5) is 54.4. The van der Waals surface area contributed by atoms with Gasteiger partial charge in [0, 0.05) is 95.9 Å². The van der Waals surface area contributed by atoms with Gasteiger partial charge < -0.3 is 29.9 Å². The van der Waals surface area contributed by atoms with Crippen molar-refractivity contribution in [2.75, 3.05) is 26.2 Å². The van der Waals surface area contributed by atoms with Crippen LogP contribution in [0.1, 0.15) is 203 Å². The number of pyridine rings is 4. The fraction of sp³-hybridized carbons (Fsp3) is 0.551. The Balaban J connectivity index is 0.000000563. The maximum Gasteiger partial charge on any atom is 0.446 e. The molecule has 4 aromatic rings. The van der Waals surface area contributed by atoms with Crippen LogP contribution in [0.15, 0.2) is 78.3 Å². The summed E-state index contributed by atoms with van der Waals surface area (Å²) in [5, 5.41) is 7.03. The topological polar surface area (TPSA) is 152 Å². The lowest BCUT2D eigenvalue weighted by atomic mass is 9.96. The molecular weight excluding hydrogens is 1210 g/mol. The normalized spacial score (nSPS) is 18.1. The fourth-order valence-corrected chi connectivity index (χ4v) is 10.6. The molecule has 0 spiro atoms. The fourth-order valence-electron chi connectivity index (χ4n) is 9.19. The quantitative estimate of drug-likeness (QED) is 0.114. The second-order valence-electron chi connectivity index (χ2n) is 25.4. The molecule has 8 rings (SSSR count). The van der Waals surface area contributed by atoms with Gasteiger partial charge in [-0.2, -0.15) is 13.2 Å². The van der Waals surface area contributed by atoms with E-state index < -0.39 is 39.8 Å². The number of aldehydes is 1. The van der Waals surface area contributed by atoms with Gasteiger partial charge in [0.2, 0.25) is 6.29 Å². The van der Waals surface area contributed by atoms with Crippen LogP contribution in [0, 0.1) is 47.6 Å². The molecule has 88 heavy (non-hydrogen) atoms. The minimum absolute atomic E-state index is 0. The number of rotatable bonds is 4. The number of likely N-dealkylation sites (tertiary alicyclic amines) is 2. The highest BCUT2D eigenvalue weighted by atomic mass is 79.9. The van der Waals surface area contributed by atoms with Crippen molar-refractivity contribution in [1.82, 2.24) is 40.4 Å². The number of hydrogen-bond acceptors (Lipinski definition) is 11. The Labute approximate surface area is 537 Å². The van der Waals surface area contributed by atoms with Gasteiger partial charge in [0.25, 0.3) is 0 Å². The molecule has 2 N–H and O–H groups in total. The zero-order valence-corrected chi connectivity index (χ0v) is 56.6. The molecule has 4 aromatic heterocycles. The van der Waals surface area contributed by atoms with Crippen molar-refractivity contribution in [2.45, 2.75) is 221 Å². The van der Waals surface area contributed by atoms with E-state index in [0.717, 1.165) is 97.0 Å². The van der Waals surface area contributed by atoms with Gasteiger partial charge in [-0.15, -0.1) is 29.9 Å². The smallest absolute Gasteiger partial charge is 0.444 e. The average molecular weight is 1310 g/mol. The molecule has 4 atom stereocenters. The third kappa shape index (κ3) is 32.8. The van der Waals surface area contributed by atoms with Crippen LogP contribution in [0.4, 0.5) is 22.8 Å². The second-order valence-corrected chi connectivity index (χ2v) is 35.8. The second kappa shape index (κ2) is 38.9. The minimum atomic E-state index is -4.64. The van der Waals surface area contributed by atoms with Crippen LogP contribution in [0.3, 0.4) is 0 Å². The molecule has 0 aromatic carbocycles. The molecule has 4 saturated heterocycles. The van der Waals surface area contributed by atoms with E-state index in [0.29, 0.717) is 12.1 Å². The van der Waals surface area contributed by atoms with Crippen molar-refractivity contribution in [2.24, 2.45) is 0 Å². The molecule has 482 valence electrons. The Morgan fingerprint density at radius 3 is 1.26 bits per heavy atom. The van der Waals surface area contributed by atoms with E-state index >= 15 is 0 Å². The van der Waals surface area contributed by atoms with Crippen molar-refractivity contribution in [1.29, 1.82) is 0 Å². The van der Waals surface area contributed by atoms with Crippen LogP contribution in [0.5, 0.6) is 0 Å². The van der Waals surface area contributed by atoms with Gasteiger partial charge in [0.05, 0.1) is 12.1 Å². The number of nitrogens with one attached hydrogen (secondary N) is 2. The van der Waals surface area contributed by atoms with Crippen molar-refractivity contribution < 1.29 is 37.0 Å². The number of piperidine rings is 4. The highest BCUT2D eigenvalue weighted by molar-refractivity contribution is 9.10. The largest absolute Gasteiger partial charge is 0.446 e. The van der Waals surface area contributed by atoms with E-state index in [1.165, 1.54) is 49.7 Å². The number of terminal acetylenes is 2. The monoisotopic (exact) mass is 1310 g/mol. The summed E-state index contributed by atoms with van der Waals surface area (Å²) >= 11 is 3.44. The first-order valence-electron chi connectivity index (χ1n) is 29.7. The summed E-state index contributed by atoms with van der Waals surface area (Å²) in [7, 11) is -2.73. The van der Waals surface area contributed by atoms with Gasteiger partial charge in [-0.05, 0) is 188 Å². The maximum atomic E-state index is 12.6. The minimum Gasteiger partial charge on any atom is -0.444 e. The SMILES string of the molecule is C.C.C#CC.C#Cc1cncc([C@@H]2CCCCN2)c1.CC(C)(C)OC(=O)N1CCCC[C@H]1c1cncc(Br)c1.CC(C)(C)OC(=O)N1CCCC[C@H]1c1cncc(C#C[Si](C)(C)C)c1.C[Si](C)(C)C#Cc1cncc([C@@H]2CCCCN2)c1.O=CC(F)(F)F. The van der Waals surface area contributed by atoms with Gasteiger partial charge in [0.15, 0.2) is 0 Å². The van der Waals surface area contributed by atoms with Crippen molar-refractivity contribution >= 4 is 50.6 Å². The molecule has 19 heteroatoms. The number of alkyl halides is 3. The van der Waals surface area contributed by atoms with Gasteiger partial charge in [-0.3, -0.25) is 24.7 Å². The van der Waals surface area contributed by atoms with E-state index in [9.17, 15) is 22.8 Å². The molecule has 2 amide bonds. The number of ether oxygens (including phenoxy) is 2. The zero-order chi connectivity index (χ0) is 64.1. The summed E-state index contributed by atoms with van der Waals surface area (Å²) in [6.45, 7) is 30.2. The number of aromatic nitrogens is 4. The Bertz CT molecular complexity index is 2980. The predicted octanol–water partition coefficient (Wildman–Crippen LogP) is 16.7. The number of carbonyl (C=O) groups excluding carboxylic acids is 3. The number of carbonyl (C=O) groups is 3. The lowest BCUT2D eigenvalue weighted by molar-refractivity contribution is -0.156. The molecule has 13 nitrogen and oxygen atoms in total. The zero-order valence-electron chi connectivity index (χ0n) is 53.0. The van der Waals surface area contributed by atoms with E-state index in [-0.39, 0.29) is 39.1 Å². The Kier molecular flexibility index (Phi) is 35.3. The Hall–Kier alpha value is -6.33. The molecule has 0 bridgehead atoms. The van der Waals surface area contributed by atoms with Crippen LogP contribution in [-0.2, 0) is 14.3 Å². The van der Waals surface area contributed by atoms with E-state index in [1.807, 2.05) is 88.4 Å². The standard InChI is InChI=1S/C20H30N2O2Si.C15H21BrN2O2.C15H22N2Si.C12H14N2.C3H4.C2HF3O.2CH4/c1-20(2,3)24-19(23)22-11-8-7-9-18(22)17-13-16(14-21-15-17)10-12-25(4,5)6;1-15(2,3)20-14(19)18-7-5-4-6-13(18)11-8-12(16)10-17-9-11;1-18(2,3)9-7-13-10-14(12-16-11-13)15-6-4-5-8-17-15;1-2-10-7-11(9-13-8-10)12-5-3-4-6-14-12;1-3-2;3-2(4,5)1-6;;/h13-15,18H,7-9,11H2,1-6H3;8-10,13H,4-7H2,1-3H3;10-12,15,17H,4-6,8H2,1-3H3;1,7-9,12,14H,3-6H2;1H,2H3;1H;2*1H4/t18-;13-;15-;12-;;;;/m0000..../s1. The van der Waals surface area contributed by atoms with Crippen LogP contribution in [0.25, 0.3) is 0 Å². The van der Waals surface area contributed by atoms with Gasteiger partial charge in [-0.1, -0.05) is 84.7 Å². The third-order valence-corrected chi connectivity index (χ3v) is 15.1. The molecule has 0 saturated carbocycles. The molecular formula is C69H100BrF3N8O5Si2. The number of amides is 2. The molecule has 4 aliphatic rings. The summed E-state index contributed by atoms with van der Waals surface area (Å²) in [5.74, 6) is 11.4. The molecule has 0 unspecified atom stereocenters. The highest BCUT2D eigenvalue weighted by Crippen LogP contribution is 2.34. The van der Waals surface area contributed by atoms with Crippen molar-refractivity contribution in [3.63, 3.8) is 0 Å². The van der Waals surface area contributed by atoms with Crippen molar-refractivity contribution in [3.05, 3.63) is 117 Å². The molecule has 0 aliphatic carbocycles.